The number of nitrogens with zero attached hydrogens (tertiary/aromatic N) is 3. The van der Waals surface area contributed by atoms with E-state index in [9.17, 15) is 0 Å². The molecule has 0 aromatic carbocycles. The molecule has 0 aliphatic rings. The quantitative estimate of drug-likeness (QED) is 0.787. The van der Waals surface area contributed by atoms with Crippen molar-refractivity contribution in [3.05, 3.63) is 23.8 Å². The van der Waals surface area contributed by atoms with Crippen LogP contribution in [0.3, 0.4) is 0 Å². The Morgan fingerprint density at radius 2 is 2.12 bits per heavy atom. The first-order valence-electron chi connectivity index (χ1n) is 5.74. The SMILES string of the molecule is CC(C)CNCc1ccnc(CN(C)C)n1. The predicted molar refractivity (Wildman–Crippen MR) is 66.0 cm³/mol. The van der Waals surface area contributed by atoms with Crippen LogP contribution in [-0.4, -0.2) is 35.5 Å². The molecule has 0 amide bonds. The molecule has 16 heavy (non-hydrogen) atoms. The van der Waals surface area contributed by atoms with Gasteiger partial charge in [0.15, 0.2) is 0 Å². The van der Waals surface area contributed by atoms with Gasteiger partial charge in [0, 0.05) is 12.7 Å². The van der Waals surface area contributed by atoms with Gasteiger partial charge in [-0.2, -0.15) is 0 Å². The molecule has 0 bridgehead atoms. The molecule has 4 heteroatoms. The molecule has 0 radical (unpaired) electrons. The Kier molecular flexibility index (Phi) is 5.35. The largest absolute Gasteiger partial charge is 0.311 e. The third-order valence-corrected chi connectivity index (χ3v) is 2.08. The topological polar surface area (TPSA) is 41.1 Å². The molecule has 0 atom stereocenters. The van der Waals surface area contributed by atoms with Gasteiger partial charge < -0.3 is 10.2 Å². The van der Waals surface area contributed by atoms with E-state index in [0.717, 1.165) is 31.2 Å². The van der Waals surface area contributed by atoms with E-state index in [1.165, 1.54) is 0 Å². The summed E-state index contributed by atoms with van der Waals surface area (Å²) in [6, 6.07) is 1.96. The molecule has 1 N–H and O–H groups in total. The van der Waals surface area contributed by atoms with E-state index >= 15 is 0 Å². The van der Waals surface area contributed by atoms with Crippen molar-refractivity contribution in [2.45, 2.75) is 26.9 Å². The van der Waals surface area contributed by atoms with Crippen LogP contribution >= 0.6 is 0 Å². The maximum absolute atomic E-state index is 4.49. The lowest BCUT2D eigenvalue weighted by Gasteiger charge is -2.10. The molecular weight excluding hydrogens is 200 g/mol. The van der Waals surface area contributed by atoms with Crippen LogP contribution in [0.25, 0.3) is 0 Å². The fourth-order valence-corrected chi connectivity index (χ4v) is 1.39. The zero-order chi connectivity index (χ0) is 12.0. The van der Waals surface area contributed by atoms with Gasteiger partial charge in [-0.25, -0.2) is 9.97 Å². The Morgan fingerprint density at radius 3 is 2.75 bits per heavy atom. The monoisotopic (exact) mass is 222 g/mol. The minimum absolute atomic E-state index is 0.670. The molecule has 0 aliphatic carbocycles. The summed E-state index contributed by atoms with van der Waals surface area (Å²) in [6.07, 6.45) is 1.83. The second kappa shape index (κ2) is 6.55. The van der Waals surface area contributed by atoms with Crippen LogP contribution in [0.15, 0.2) is 12.3 Å². The lowest BCUT2D eigenvalue weighted by Crippen LogP contribution is -2.20. The Bertz CT molecular complexity index is 310. The molecule has 0 saturated carbocycles. The van der Waals surface area contributed by atoms with E-state index < -0.39 is 0 Å². The first kappa shape index (κ1) is 13.1. The average Bonchev–Trinajstić information content (AvgIpc) is 2.16. The van der Waals surface area contributed by atoms with Crippen LogP contribution < -0.4 is 5.32 Å². The summed E-state index contributed by atoms with van der Waals surface area (Å²) in [5.41, 5.74) is 1.06. The fraction of sp³-hybridized carbons (Fsp3) is 0.667. The van der Waals surface area contributed by atoms with Crippen molar-refractivity contribution in [2.24, 2.45) is 5.92 Å². The summed E-state index contributed by atoms with van der Waals surface area (Å²) >= 11 is 0. The lowest BCUT2D eigenvalue weighted by atomic mass is 10.2. The number of hydrogen-bond acceptors (Lipinski definition) is 4. The molecule has 0 spiro atoms. The molecule has 0 aliphatic heterocycles. The minimum atomic E-state index is 0.670. The highest BCUT2D eigenvalue weighted by atomic mass is 15.1. The fourth-order valence-electron chi connectivity index (χ4n) is 1.39. The highest BCUT2D eigenvalue weighted by Crippen LogP contribution is 1.98. The Balaban J connectivity index is 2.47. The van der Waals surface area contributed by atoms with Gasteiger partial charge in [-0.3, -0.25) is 0 Å². The van der Waals surface area contributed by atoms with Crippen molar-refractivity contribution in [1.82, 2.24) is 20.2 Å². The Morgan fingerprint density at radius 1 is 1.38 bits per heavy atom. The summed E-state index contributed by atoms with van der Waals surface area (Å²) in [5, 5.41) is 3.38. The lowest BCUT2D eigenvalue weighted by molar-refractivity contribution is 0.389. The van der Waals surface area contributed by atoms with Crippen molar-refractivity contribution >= 4 is 0 Å². The molecule has 1 rings (SSSR count). The summed E-state index contributed by atoms with van der Waals surface area (Å²) in [4.78, 5) is 10.8. The second-order valence-electron chi connectivity index (χ2n) is 4.73. The molecule has 0 unspecified atom stereocenters. The molecule has 1 aromatic rings. The first-order valence-corrected chi connectivity index (χ1v) is 5.74. The average molecular weight is 222 g/mol. The summed E-state index contributed by atoms with van der Waals surface area (Å²) in [5.74, 6) is 1.55. The molecule has 90 valence electrons. The van der Waals surface area contributed by atoms with Crippen molar-refractivity contribution in [2.75, 3.05) is 20.6 Å². The molecule has 1 aromatic heterocycles. The van der Waals surface area contributed by atoms with E-state index in [1.807, 2.05) is 26.4 Å². The summed E-state index contributed by atoms with van der Waals surface area (Å²) in [7, 11) is 4.04. The van der Waals surface area contributed by atoms with E-state index in [-0.39, 0.29) is 0 Å². The first-order chi connectivity index (χ1) is 7.58. The maximum Gasteiger partial charge on any atom is 0.142 e. The van der Waals surface area contributed by atoms with E-state index in [0.29, 0.717) is 5.92 Å². The van der Waals surface area contributed by atoms with E-state index in [4.69, 9.17) is 0 Å². The van der Waals surface area contributed by atoms with Gasteiger partial charge in [-0.05, 0) is 32.6 Å². The van der Waals surface area contributed by atoms with Crippen LogP contribution in [0, 0.1) is 5.92 Å². The normalized spacial score (nSPS) is 11.4. The maximum atomic E-state index is 4.49. The van der Waals surface area contributed by atoms with Crippen LogP contribution in [0.2, 0.25) is 0 Å². The van der Waals surface area contributed by atoms with Crippen molar-refractivity contribution in [3.8, 4) is 0 Å². The minimum Gasteiger partial charge on any atom is -0.311 e. The highest BCUT2D eigenvalue weighted by molar-refractivity contribution is 5.02. The van der Waals surface area contributed by atoms with Crippen molar-refractivity contribution in [1.29, 1.82) is 0 Å². The zero-order valence-corrected chi connectivity index (χ0v) is 10.7. The molecule has 0 saturated heterocycles. The van der Waals surface area contributed by atoms with Gasteiger partial charge in [0.1, 0.15) is 5.82 Å². The smallest absolute Gasteiger partial charge is 0.142 e. The Hall–Kier alpha value is -1.00. The van der Waals surface area contributed by atoms with Crippen LogP contribution in [0.5, 0.6) is 0 Å². The molecule has 0 fully saturated rings. The molecule has 1 heterocycles. The third kappa shape index (κ3) is 5.19. The van der Waals surface area contributed by atoms with Crippen LogP contribution in [0.1, 0.15) is 25.4 Å². The summed E-state index contributed by atoms with van der Waals surface area (Å²) in [6.45, 7) is 7.03. The second-order valence-corrected chi connectivity index (χ2v) is 4.73. The van der Waals surface area contributed by atoms with Crippen LogP contribution in [0.4, 0.5) is 0 Å². The number of aromatic nitrogens is 2. The van der Waals surface area contributed by atoms with Crippen molar-refractivity contribution in [3.63, 3.8) is 0 Å². The van der Waals surface area contributed by atoms with Crippen LogP contribution in [-0.2, 0) is 13.1 Å². The number of rotatable bonds is 6. The van der Waals surface area contributed by atoms with Crippen molar-refractivity contribution < 1.29 is 0 Å². The highest BCUT2D eigenvalue weighted by Gasteiger charge is 2.01. The van der Waals surface area contributed by atoms with Gasteiger partial charge >= 0.3 is 0 Å². The number of nitrogens with one attached hydrogen (secondary N) is 1. The predicted octanol–water partition coefficient (Wildman–Crippen LogP) is 1.28. The number of hydrogen-bond donors (Lipinski definition) is 1. The Labute approximate surface area is 98.1 Å². The van der Waals surface area contributed by atoms with Gasteiger partial charge in [-0.15, -0.1) is 0 Å². The van der Waals surface area contributed by atoms with E-state index in [1.54, 1.807) is 0 Å². The van der Waals surface area contributed by atoms with Gasteiger partial charge in [0.05, 0.1) is 12.2 Å². The van der Waals surface area contributed by atoms with Gasteiger partial charge in [0.2, 0.25) is 0 Å². The van der Waals surface area contributed by atoms with Gasteiger partial charge in [0.25, 0.3) is 0 Å². The molecule has 4 nitrogen and oxygen atoms in total. The zero-order valence-electron chi connectivity index (χ0n) is 10.7. The van der Waals surface area contributed by atoms with E-state index in [2.05, 4.69) is 34.0 Å². The third-order valence-electron chi connectivity index (χ3n) is 2.08. The van der Waals surface area contributed by atoms with Gasteiger partial charge in [-0.1, -0.05) is 13.8 Å². The summed E-state index contributed by atoms with van der Waals surface area (Å²) < 4.78 is 0. The standard InChI is InChI=1S/C12H22N4/c1-10(2)7-13-8-11-5-6-14-12(15-11)9-16(3)4/h5-6,10,13H,7-9H2,1-4H3. The molecular formula is C12H22N4.